The molecular weight excluding hydrogens is 361 g/mol. The molecule has 2 rings (SSSR count). The van der Waals surface area contributed by atoms with E-state index in [0.717, 1.165) is 38.8 Å². The molecule has 2 amide bonds. The number of benzene rings is 1. The van der Waals surface area contributed by atoms with E-state index in [-0.39, 0.29) is 18.4 Å². The summed E-state index contributed by atoms with van der Waals surface area (Å²) in [6.45, 7) is 4.76. The fourth-order valence-corrected chi connectivity index (χ4v) is 3.01. The van der Waals surface area contributed by atoms with Crippen LogP contribution in [0.3, 0.4) is 0 Å². The monoisotopic (exact) mass is 391 g/mol. The molecule has 0 spiro atoms. The molecule has 154 valence electrons. The van der Waals surface area contributed by atoms with Crippen molar-refractivity contribution in [1.29, 1.82) is 0 Å². The van der Waals surface area contributed by atoms with E-state index in [9.17, 15) is 14.0 Å². The Labute approximate surface area is 165 Å². The summed E-state index contributed by atoms with van der Waals surface area (Å²) in [4.78, 5) is 30.2. The van der Waals surface area contributed by atoms with E-state index in [1.165, 1.54) is 18.2 Å². The van der Waals surface area contributed by atoms with Crippen molar-refractivity contribution in [3.8, 4) is 0 Å². The fourth-order valence-electron chi connectivity index (χ4n) is 3.01. The number of guanidine groups is 1. The highest BCUT2D eigenvalue weighted by molar-refractivity contribution is 5.94. The first kappa shape index (κ1) is 21.7. The molecule has 0 saturated carbocycles. The Kier molecular flexibility index (Phi) is 9.24. The molecular formula is C20H30FN5O2. The number of halogens is 1. The average Bonchev–Trinajstić information content (AvgIpc) is 2.87. The van der Waals surface area contributed by atoms with Crippen molar-refractivity contribution in [2.45, 2.75) is 39.0 Å². The van der Waals surface area contributed by atoms with Gasteiger partial charge >= 0.3 is 0 Å². The minimum atomic E-state index is -0.404. The van der Waals surface area contributed by atoms with Gasteiger partial charge in [0.05, 0.1) is 0 Å². The van der Waals surface area contributed by atoms with E-state index in [2.05, 4.69) is 20.9 Å². The molecule has 0 bridgehead atoms. The average molecular weight is 391 g/mol. The number of nitrogens with one attached hydrogen (secondary N) is 3. The summed E-state index contributed by atoms with van der Waals surface area (Å²) in [6.07, 6.45) is 4.64. The Bertz CT molecular complexity index is 680. The largest absolute Gasteiger partial charge is 0.357 e. The molecule has 1 fully saturated rings. The van der Waals surface area contributed by atoms with E-state index in [0.29, 0.717) is 31.2 Å². The number of amides is 2. The molecule has 1 saturated heterocycles. The number of rotatable bonds is 8. The lowest BCUT2D eigenvalue weighted by molar-refractivity contribution is -0.130. The highest BCUT2D eigenvalue weighted by Crippen LogP contribution is 2.11. The Morgan fingerprint density at radius 3 is 2.89 bits per heavy atom. The summed E-state index contributed by atoms with van der Waals surface area (Å²) in [5, 5.41) is 8.88. The Hall–Kier alpha value is -2.64. The van der Waals surface area contributed by atoms with Crippen LogP contribution in [0.15, 0.2) is 29.3 Å². The van der Waals surface area contributed by atoms with Crippen molar-refractivity contribution >= 4 is 23.5 Å². The lowest BCUT2D eigenvalue weighted by atomic mass is 10.2. The van der Waals surface area contributed by atoms with Crippen molar-refractivity contribution < 1.29 is 14.0 Å². The lowest BCUT2D eigenvalue weighted by Crippen LogP contribution is -2.40. The number of aliphatic imine (C=N–C) groups is 1. The third kappa shape index (κ3) is 7.94. The van der Waals surface area contributed by atoms with Gasteiger partial charge in [-0.2, -0.15) is 0 Å². The van der Waals surface area contributed by atoms with Crippen molar-refractivity contribution in [2.24, 2.45) is 4.99 Å². The SMILES string of the molecule is CCNC(=NCC(=O)Nc1cccc(F)c1)NCCCN1CCCCCC1=O. The van der Waals surface area contributed by atoms with Crippen molar-refractivity contribution in [3.63, 3.8) is 0 Å². The summed E-state index contributed by atoms with van der Waals surface area (Å²) < 4.78 is 13.2. The van der Waals surface area contributed by atoms with Gasteiger partial charge in [-0.05, 0) is 44.4 Å². The predicted octanol–water partition coefficient (Wildman–Crippen LogP) is 2.11. The van der Waals surface area contributed by atoms with Gasteiger partial charge in [-0.1, -0.05) is 12.5 Å². The second-order valence-electron chi connectivity index (χ2n) is 6.73. The number of hydrogen-bond donors (Lipinski definition) is 3. The normalized spacial score (nSPS) is 15.1. The van der Waals surface area contributed by atoms with Gasteiger partial charge < -0.3 is 20.9 Å². The maximum atomic E-state index is 13.2. The minimum absolute atomic E-state index is 0.0730. The van der Waals surface area contributed by atoms with E-state index in [1.54, 1.807) is 6.07 Å². The van der Waals surface area contributed by atoms with Gasteiger partial charge in [0.2, 0.25) is 11.8 Å². The van der Waals surface area contributed by atoms with Gasteiger partial charge in [0, 0.05) is 38.3 Å². The summed E-state index contributed by atoms with van der Waals surface area (Å²) in [5.41, 5.74) is 0.403. The standard InChI is InChI=1S/C20H30FN5O2/c1-2-22-20(23-11-7-13-26-12-5-3-4-10-19(26)28)24-15-18(27)25-17-9-6-8-16(21)14-17/h6,8-9,14H,2-5,7,10-13,15H2,1H3,(H,25,27)(H2,22,23,24). The summed E-state index contributed by atoms with van der Waals surface area (Å²) in [5.74, 6) is 0.0587. The molecule has 0 aromatic heterocycles. The number of hydrogen-bond acceptors (Lipinski definition) is 3. The zero-order valence-corrected chi connectivity index (χ0v) is 16.5. The first-order chi connectivity index (χ1) is 13.6. The molecule has 8 heteroatoms. The molecule has 1 aromatic carbocycles. The van der Waals surface area contributed by atoms with Gasteiger partial charge in [0.25, 0.3) is 0 Å². The molecule has 0 aliphatic carbocycles. The molecule has 1 heterocycles. The second-order valence-corrected chi connectivity index (χ2v) is 6.73. The van der Waals surface area contributed by atoms with Crippen LogP contribution in [-0.2, 0) is 9.59 Å². The molecule has 1 aliphatic heterocycles. The number of likely N-dealkylation sites (tertiary alicyclic amines) is 1. The van der Waals surface area contributed by atoms with Crippen LogP contribution in [0.5, 0.6) is 0 Å². The van der Waals surface area contributed by atoms with E-state index in [1.807, 2.05) is 11.8 Å². The van der Waals surface area contributed by atoms with Crippen LogP contribution < -0.4 is 16.0 Å². The first-order valence-corrected chi connectivity index (χ1v) is 9.94. The summed E-state index contributed by atoms with van der Waals surface area (Å²) in [7, 11) is 0. The molecule has 1 aliphatic rings. The van der Waals surface area contributed by atoms with Crippen LogP contribution in [0.25, 0.3) is 0 Å². The molecule has 28 heavy (non-hydrogen) atoms. The topological polar surface area (TPSA) is 85.8 Å². The lowest BCUT2D eigenvalue weighted by Gasteiger charge is -2.20. The molecule has 3 N–H and O–H groups in total. The van der Waals surface area contributed by atoms with Gasteiger partial charge in [-0.3, -0.25) is 9.59 Å². The molecule has 1 aromatic rings. The molecule has 0 unspecified atom stereocenters. The van der Waals surface area contributed by atoms with Gasteiger partial charge in [-0.15, -0.1) is 0 Å². The first-order valence-electron chi connectivity index (χ1n) is 9.94. The van der Waals surface area contributed by atoms with Crippen LogP contribution in [-0.4, -0.2) is 55.4 Å². The quantitative estimate of drug-likeness (QED) is 0.360. The Morgan fingerprint density at radius 1 is 1.25 bits per heavy atom. The van der Waals surface area contributed by atoms with Crippen molar-refractivity contribution in [2.75, 3.05) is 38.0 Å². The fraction of sp³-hybridized carbons (Fsp3) is 0.550. The molecule has 0 atom stereocenters. The van der Waals surface area contributed by atoms with E-state index < -0.39 is 5.82 Å². The molecule has 0 radical (unpaired) electrons. The summed E-state index contributed by atoms with van der Waals surface area (Å²) >= 11 is 0. The van der Waals surface area contributed by atoms with Crippen LogP contribution in [0.1, 0.15) is 39.0 Å². The van der Waals surface area contributed by atoms with Crippen LogP contribution >= 0.6 is 0 Å². The third-order valence-electron chi connectivity index (χ3n) is 4.40. The van der Waals surface area contributed by atoms with E-state index in [4.69, 9.17) is 0 Å². The third-order valence-corrected chi connectivity index (χ3v) is 4.40. The highest BCUT2D eigenvalue weighted by Gasteiger charge is 2.15. The van der Waals surface area contributed by atoms with Crippen LogP contribution in [0.4, 0.5) is 10.1 Å². The maximum absolute atomic E-state index is 13.2. The predicted molar refractivity (Wildman–Crippen MR) is 109 cm³/mol. The smallest absolute Gasteiger partial charge is 0.246 e. The van der Waals surface area contributed by atoms with Crippen LogP contribution in [0.2, 0.25) is 0 Å². The van der Waals surface area contributed by atoms with Gasteiger partial charge in [-0.25, -0.2) is 9.38 Å². The number of carbonyl (C=O) groups excluding carboxylic acids is 2. The summed E-state index contributed by atoms with van der Waals surface area (Å²) in [6, 6.07) is 5.74. The number of carbonyl (C=O) groups is 2. The molecule has 7 nitrogen and oxygen atoms in total. The maximum Gasteiger partial charge on any atom is 0.246 e. The van der Waals surface area contributed by atoms with Gasteiger partial charge in [0.1, 0.15) is 12.4 Å². The second kappa shape index (κ2) is 11.9. The van der Waals surface area contributed by atoms with Crippen molar-refractivity contribution in [1.82, 2.24) is 15.5 Å². The van der Waals surface area contributed by atoms with Gasteiger partial charge in [0.15, 0.2) is 5.96 Å². The Morgan fingerprint density at radius 2 is 2.11 bits per heavy atom. The van der Waals surface area contributed by atoms with E-state index >= 15 is 0 Å². The number of nitrogens with zero attached hydrogens (tertiary/aromatic N) is 2. The number of anilines is 1. The van der Waals surface area contributed by atoms with Crippen LogP contribution in [0, 0.1) is 5.82 Å². The zero-order chi connectivity index (χ0) is 20.2. The minimum Gasteiger partial charge on any atom is -0.357 e. The zero-order valence-electron chi connectivity index (χ0n) is 16.5. The van der Waals surface area contributed by atoms with Crippen molar-refractivity contribution in [3.05, 3.63) is 30.1 Å². The highest BCUT2D eigenvalue weighted by atomic mass is 19.1. The Balaban J connectivity index is 1.74.